The van der Waals surface area contributed by atoms with Gasteiger partial charge in [-0.1, -0.05) is 31.5 Å². The third-order valence-corrected chi connectivity index (χ3v) is 4.83. The van der Waals surface area contributed by atoms with Crippen molar-refractivity contribution in [1.82, 2.24) is 4.90 Å². The van der Waals surface area contributed by atoms with Gasteiger partial charge in [0.25, 0.3) is 5.91 Å². The zero-order chi connectivity index (χ0) is 17.1. The molecular weight excluding hydrogens is 300 g/mol. The zero-order valence-electron chi connectivity index (χ0n) is 14.8. The summed E-state index contributed by atoms with van der Waals surface area (Å²) in [5.74, 6) is 0.805. The summed E-state index contributed by atoms with van der Waals surface area (Å²) in [5.41, 5.74) is 3.30. The molecule has 0 saturated carbocycles. The highest BCUT2D eigenvalue weighted by atomic mass is 16.3. The van der Waals surface area contributed by atoms with Crippen molar-refractivity contribution < 1.29 is 9.21 Å². The van der Waals surface area contributed by atoms with Crippen LogP contribution in [-0.4, -0.2) is 30.4 Å². The molecule has 128 valence electrons. The maximum atomic E-state index is 12.7. The highest BCUT2D eigenvalue weighted by molar-refractivity contribution is 5.95. The Hall–Kier alpha value is -2.23. The van der Waals surface area contributed by atoms with Gasteiger partial charge in [-0.2, -0.15) is 0 Å². The van der Waals surface area contributed by atoms with E-state index >= 15 is 0 Å². The van der Waals surface area contributed by atoms with Crippen molar-refractivity contribution in [3.8, 4) is 0 Å². The minimum absolute atomic E-state index is 0.0485. The first kappa shape index (κ1) is 16.6. The van der Waals surface area contributed by atoms with E-state index < -0.39 is 0 Å². The first-order chi connectivity index (χ1) is 11.6. The lowest BCUT2D eigenvalue weighted by Crippen LogP contribution is -2.31. The van der Waals surface area contributed by atoms with Crippen molar-refractivity contribution in [1.29, 1.82) is 0 Å². The van der Waals surface area contributed by atoms with Gasteiger partial charge in [0.15, 0.2) is 0 Å². The van der Waals surface area contributed by atoms with Crippen LogP contribution in [0.25, 0.3) is 0 Å². The molecule has 0 N–H and O–H groups in total. The number of carbonyl (C=O) groups is 1. The molecule has 1 aromatic carbocycles. The number of furan rings is 1. The molecule has 0 bridgehead atoms. The van der Waals surface area contributed by atoms with Crippen LogP contribution in [0.4, 0.5) is 5.69 Å². The lowest BCUT2D eigenvalue weighted by Gasteiger charge is -2.24. The van der Waals surface area contributed by atoms with Gasteiger partial charge in [0.05, 0.1) is 18.4 Å². The zero-order valence-corrected chi connectivity index (χ0v) is 14.8. The van der Waals surface area contributed by atoms with Crippen LogP contribution < -0.4 is 4.90 Å². The van der Waals surface area contributed by atoms with Gasteiger partial charge in [-0.05, 0) is 37.5 Å². The number of carbonyl (C=O) groups excluding carboxylic acids is 1. The number of fused-ring (bicyclic) bond motifs is 1. The molecule has 0 radical (unpaired) electrons. The van der Waals surface area contributed by atoms with Gasteiger partial charge in [-0.3, -0.25) is 4.79 Å². The molecule has 24 heavy (non-hydrogen) atoms. The van der Waals surface area contributed by atoms with Crippen molar-refractivity contribution in [2.24, 2.45) is 0 Å². The van der Waals surface area contributed by atoms with E-state index in [9.17, 15) is 4.79 Å². The number of benzene rings is 1. The van der Waals surface area contributed by atoms with Crippen LogP contribution in [0.1, 0.15) is 48.4 Å². The predicted octanol–water partition coefficient (Wildman–Crippen LogP) is 4.10. The summed E-state index contributed by atoms with van der Waals surface area (Å²) in [4.78, 5) is 16.8. The number of rotatable bonds is 6. The number of anilines is 1. The predicted molar refractivity (Wildman–Crippen MR) is 96.4 cm³/mol. The lowest BCUT2D eigenvalue weighted by atomic mass is 10.1. The van der Waals surface area contributed by atoms with E-state index in [-0.39, 0.29) is 5.91 Å². The molecule has 1 atom stereocenters. The normalized spacial score (nSPS) is 16.3. The van der Waals surface area contributed by atoms with E-state index in [1.54, 1.807) is 17.2 Å². The second kappa shape index (κ2) is 7.12. The summed E-state index contributed by atoms with van der Waals surface area (Å²) in [7, 11) is 1.86. The number of para-hydroxylation sites is 1. The Morgan fingerprint density at radius 2 is 2.12 bits per heavy atom. The Bertz CT molecular complexity index is 707. The molecule has 2 aromatic rings. The quantitative estimate of drug-likeness (QED) is 0.802. The molecule has 0 aliphatic carbocycles. The highest BCUT2D eigenvalue weighted by Gasteiger charge is 2.28. The molecule has 0 spiro atoms. The first-order valence-electron chi connectivity index (χ1n) is 8.78. The number of hydrogen-bond donors (Lipinski definition) is 0. The second-order valence-electron chi connectivity index (χ2n) is 6.65. The molecule has 1 unspecified atom stereocenters. The summed E-state index contributed by atoms with van der Waals surface area (Å²) in [6, 6.07) is 10.7. The monoisotopic (exact) mass is 326 g/mol. The van der Waals surface area contributed by atoms with Crippen LogP contribution >= 0.6 is 0 Å². The van der Waals surface area contributed by atoms with E-state index in [2.05, 4.69) is 43.0 Å². The Balaban J connectivity index is 1.78. The van der Waals surface area contributed by atoms with E-state index in [1.807, 2.05) is 7.05 Å². The molecule has 0 saturated heterocycles. The van der Waals surface area contributed by atoms with Gasteiger partial charge in [0.2, 0.25) is 0 Å². The lowest BCUT2D eigenvalue weighted by molar-refractivity contribution is 0.0791. The first-order valence-corrected chi connectivity index (χ1v) is 8.78. The number of amides is 1. The van der Waals surface area contributed by atoms with Gasteiger partial charge >= 0.3 is 0 Å². The summed E-state index contributed by atoms with van der Waals surface area (Å²) in [6.45, 7) is 5.77. The average molecular weight is 326 g/mol. The van der Waals surface area contributed by atoms with Gasteiger partial charge in [-0.15, -0.1) is 0 Å². The van der Waals surface area contributed by atoms with Crippen molar-refractivity contribution in [3.05, 3.63) is 53.5 Å². The molecule has 1 aliphatic heterocycles. The SMILES string of the molecule is CCCCN(C)C(=O)c1ccoc1CN1c2ccccc2CC1C. The van der Waals surface area contributed by atoms with Gasteiger partial charge in [0, 0.05) is 25.3 Å². The van der Waals surface area contributed by atoms with Crippen molar-refractivity contribution in [2.45, 2.75) is 45.7 Å². The number of unbranched alkanes of at least 4 members (excludes halogenated alkanes) is 1. The minimum atomic E-state index is 0.0485. The molecule has 2 heterocycles. The molecular formula is C20H26N2O2. The van der Waals surface area contributed by atoms with E-state index in [0.717, 1.165) is 31.6 Å². The summed E-state index contributed by atoms with van der Waals surface area (Å²) in [5, 5.41) is 0. The molecule has 1 aliphatic rings. The average Bonchev–Trinajstić information content (AvgIpc) is 3.17. The summed E-state index contributed by atoms with van der Waals surface area (Å²) >= 11 is 0. The molecule has 3 rings (SSSR count). The molecule has 0 fully saturated rings. The molecule has 4 nitrogen and oxygen atoms in total. The fraction of sp³-hybridized carbons (Fsp3) is 0.450. The molecule has 4 heteroatoms. The van der Waals surface area contributed by atoms with E-state index in [4.69, 9.17) is 4.42 Å². The maximum absolute atomic E-state index is 12.7. The summed E-state index contributed by atoms with van der Waals surface area (Å²) < 4.78 is 5.68. The molecule has 1 amide bonds. The maximum Gasteiger partial charge on any atom is 0.257 e. The van der Waals surface area contributed by atoms with Crippen LogP contribution in [0.15, 0.2) is 41.0 Å². The van der Waals surface area contributed by atoms with Crippen LogP contribution in [0.5, 0.6) is 0 Å². The van der Waals surface area contributed by atoms with Crippen molar-refractivity contribution >= 4 is 11.6 Å². The van der Waals surface area contributed by atoms with Crippen LogP contribution in [0.3, 0.4) is 0 Å². The van der Waals surface area contributed by atoms with Gasteiger partial charge < -0.3 is 14.2 Å². The second-order valence-corrected chi connectivity index (χ2v) is 6.65. The molecule has 1 aromatic heterocycles. The smallest absolute Gasteiger partial charge is 0.257 e. The van der Waals surface area contributed by atoms with Crippen LogP contribution in [0.2, 0.25) is 0 Å². The summed E-state index contributed by atoms with van der Waals surface area (Å²) in [6.07, 6.45) is 4.77. The van der Waals surface area contributed by atoms with Gasteiger partial charge in [-0.25, -0.2) is 0 Å². The Labute approximate surface area is 144 Å². The fourth-order valence-corrected chi connectivity index (χ4v) is 3.38. The van der Waals surface area contributed by atoms with Crippen LogP contribution in [0, 0.1) is 0 Å². The fourth-order valence-electron chi connectivity index (χ4n) is 3.38. The van der Waals surface area contributed by atoms with Gasteiger partial charge in [0.1, 0.15) is 5.76 Å². The Morgan fingerprint density at radius 1 is 1.33 bits per heavy atom. The number of hydrogen-bond acceptors (Lipinski definition) is 3. The Morgan fingerprint density at radius 3 is 2.92 bits per heavy atom. The minimum Gasteiger partial charge on any atom is -0.467 e. The van der Waals surface area contributed by atoms with Crippen molar-refractivity contribution in [2.75, 3.05) is 18.5 Å². The topological polar surface area (TPSA) is 36.7 Å². The number of nitrogens with zero attached hydrogens (tertiary/aromatic N) is 2. The third kappa shape index (κ3) is 3.18. The van der Waals surface area contributed by atoms with Crippen molar-refractivity contribution in [3.63, 3.8) is 0 Å². The third-order valence-electron chi connectivity index (χ3n) is 4.83. The Kier molecular flexibility index (Phi) is 4.93. The van der Waals surface area contributed by atoms with Crippen LogP contribution in [-0.2, 0) is 13.0 Å². The van der Waals surface area contributed by atoms with E-state index in [0.29, 0.717) is 18.2 Å². The largest absolute Gasteiger partial charge is 0.467 e. The highest BCUT2D eigenvalue weighted by Crippen LogP contribution is 2.33. The van der Waals surface area contributed by atoms with E-state index in [1.165, 1.54) is 11.3 Å². The standard InChI is InChI=1S/C20H26N2O2/c1-4-5-11-21(3)20(23)17-10-12-24-19(17)14-22-15(2)13-16-8-6-7-9-18(16)22/h6-10,12,15H,4-5,11,13-14H2,1-3H3.